The molecule has 1 aliphatic heterocycles. The van der Waals surface area contributed by atoms with Crippen LogP contribution in [0.2, 0.25) is 0 Å². The van der Waals surface area contributed by atoms with Gasteiger partial charge in [-0.15, -0.1) is 0 Å². The molecule has 19 heavy (non-hydrogen) atoms. The van der Waals surface area contributed by atoms with Crippen LogP contribution in [0, 0.1) is 11.3 Å². The van der Waals surface area contributed by atoms with Gasteiger partial charge in [0.05, 0.1) is 17.1 Å². The molecule has 2 atom stereocenters. The lowest BCUT2D eigenvalue weighted by Gasteiger charge is -2.44. The number of aliphatic hydroxyl groups excluding tert-OH is 1. The summed E-state index contributed by atoms with van der Waals surface area (Å²) in [7, 11) is 0. The molecule has 0 radical (unpaired) electrons. The number of rotatable bonds is 2. The number of aliphatic hydroxyl groups is 1. The lowest BCUT2D eigenvalue weighted by molar-refractivity contribution is 0.161. The Morgan fingerprint density at radius 1 is 1.42 bits per heavy atom. The summed E-state index contributed by atoms with van der Waals surface area (Å²) in [4.78, 5) is 10.6. The molecule has 4 nitrogen and oxygen atoms in total. The Hall–Kier alpha value is -0.680. The quantitative estimate of drug-likeness (QED) is 0.907. The summed E-state index contributed by atoms with van der Waals surface area (Å²) in [5, 5.41) is 9.60. The number of halogens is 1. The molecule has 1 saturated heterocycles. The van der Waals surface area contributed by atoms with Crippen molar-refractivity contribution >= 4 is 21.7 Å². The first-order valence-electron chi connectivity index (χ1n) is 6.76. The van der Waals surface area contributed by atoms with Crippen LogP contribution < -0.4 is 4.90 Å². The lowest BCUT2D eigenvalue weighted by Crippen LogP contribution is -2.49. The molecule has 2 heterocycles. The van der Waals surface area contributed by atoms with Crippen molar-refractivity contribution in [1.82, 2.24) is 9.97 Å². The van der Waals surface area contributed by atoms with E-state index in [1.807, 2.05) is 0 Å². The second-order valence-electron chi connectivity index (χ2n) is 6.32. The van der Waals surface area contributed by atoms with Crippen LogP contribution in [0.15, 0.2) is 17.0 Å². The van der Waals surface area contributed by atoms with E-state index in [-0.39, 0.29) is 18.1 Å². The van der Waals surface area contributed by atoms with Crippen LogP contribution in [0.5, 0.6) is 0 Å². The van der Waals surface area contributed by atoms with Crippen LogP contribution in [0.1, 0.15) is 33.6 Å². The summed E-state index contributed by atoms with van der Waals surface area (Å²) in [5.74, 6) is 1.50. The molecule has 106 valence electrons. The highest BCUT2D eigenvalue weighted by Crippen LogP contribution is 2.38. The van der Waals surface area contributed by atoms with Crippen LogP contribution in [-0.2, 0) is 0 Å². The van der Waals surface area contributed by atoms with E-state index in [4.69, 9.17) is 0 Å². The Morgan fingerprint density at radius 3 is 2.74 bits per heavy atom. The van der Waals surface area contributed by atoms with Gasteiger partial charge in [-0.05, 0) is 40.1 Å². The van der Waals surface area contributed by atoms with Crippen molar-refractivity contribution in [2.24, 2.45) is 11.3 Å². The largest absolute Gasteiger partial charge is 0.394 e. The average Bonchev–Trinajstić information content (AvgIpc) is 2.37. The molecule has 0 aliphatic carbocycles. The number of aromatic nitrogens is 2. The normalized spacial score (nSPS) is 24.6. The highest BCUT2D eigenvalue weighted by molar-refractivity contribution is 9.10. The predicted octanol–water partition coefficient (Wildman–Crippen LogP) is 2.86. The first kappa shape index (κ1) is 14.7. The fourth-order valence-corrected chi connectivity index (χ4v) is 3.15. The monoisotopic (exact) mass is 327 g/mol. The standard InChI is InChI=1S/C14H22BrN3O/c1-14(2,3)10-4-5-11(8-19)18(7-10)13-12(15)6-16-9-17-13/h6,9-11,19H,4-5,7-8H2,1-3H3. The third kappa shape index (κ3) is 3.26. The van der Waals surface area contributed by atoms with Crippen LogP contribution >= 0.6 is 15.9 Å². The maximum absolute atomic E-state index is 9.60. The smallest absolute Gasteiger partial charge is 0.146 e. The van der Waals surface area contributed by atoms with Crippen molar-refractivity contribution in [3.05, 3.63) is 17.0 Å². The van der Waals surface area contributed by atoms with E-state index in [2.05, 4.69) is 51.6 Å². The summed E-state index contributed by atoms with van der Waals surface area (Å²) >= 11 is 3.51. The maximum atomic E-state index is 9.60. The number of piperidine rings is 1. The van der Waals surface area contributed by atoms with Crippen molar-refractivity contribution in [3.63, 3.8) is 0 Å². The Labute approximate surface area is 123 Å². The van der Waals surface area contributed by atoms with E-state index >= 15 is 0 Å². The van der Waals surface area contributed by atoms with Crippen molar-refractivity contribution in [3.8, 4) is 0 Å². The second kappa shape index (κ2) is 5.75. The Kier molecular flexibility index (Phi) is 4.46. The summed E-state index contributed by atoms with van der Waals surface area (Å²) < 4.78 is 0.892. The molecule has 1 aromatic heterocycles. The number of hydrogen-bond acceptors (Lipinski definition) is 4. The molecule has 5 heteroatoms. The molecule has 0 saturated carbocycles. The van der Waals surface area contributed by atoms with Gasteiger partial charge >= 0.3 is 0 Å². The molecule has 2 unspecified atom stereocenters. The SMILES string of the molecule is CC(C)(C)C1CCC(CO)N(c2ncncc2Br)C1. The van der Waals surface area contributed by atoms with Crippen molar-refractivity contribution < 1.29 is 5.11 Å². The van der Waals surface area contributed by atoms with Crippen LogP contribution in [0.3, 0.4) is 0 Å². The summed E-state index contributed by atoms with van der Waals surface area (Å²) in [6.45, 7) is 7.95. The van der Waals surface area contributed by atoms with Gasteiger partial charge in [-0.1, -0.05) is 20.8 Å². The summed E-state index contributed by atoms with van der Waals surface area (Å²) in [5.41, 5.74) is 0.276. The third-order valence-corrected chi connectivity index (χ3v) is 4.62. The van der Waals surface area contributed by atoms with Gasteiger partial charge < -0.3 is 10.0 Å². The minimum absolute atomic E-state index is 0.157. The fraction of sp³-hybridized carbons (Fsp3) is 0.714. The van der Waals surface area contributed by atoms with Crippen LogP contribution in [0.4, 0.5) is 5.82 Å². The lowest BCUT2D eigenvalue weighted by atomic mass is 9.75. The molecule has 0 amide bonds. The van der Waals surface area contributed by atoms with E-state index in [1.165, 1.54) is 0 Å². The zero-order valence-electron chi connectivity index (χ0n) is 11.8. The average molecular weight is 328 g/mol. The van der Waals surface area contributed by atoms with Gasteiger partial charge in [-0.25, -0.2) is 9.97 Å². The van der Waals surface area contributed by atoms with E-state index in [1.54, 1.807) is 12.5 Å². The number of anilines is 1. The van der Waals surface area contributed by atoms with E-state index < -0.39 is 0 Å². The van der Waals surface area contributed by atoms with Gasteiger partial charge in [-0.3, -0.25) is 0 Å². The van der Waals surface area contributed by atoms with Gasteiger partial charge in [0.1, 0.15) is 12.1 Å². The summed E-state index contributed by atoms with van der Waals surface area (Å²) in [6, 6.07) is 0.157. The second-order valence-corrected chi connectivity index (χ2v) is 7.18. The van der Waals surface area contributed by atoms with E-state index in [9.17, 15) is 5.11 Å². The molecule has 1 aromatic rings. The Bertz CT molecular complexity index is 433. The molecular weight excluding hydrogens is 306 g/mol. The van der Waals surface area contributed by atoms with Gasteiger partial charge in [-0.2, -0.15) is 0 Å². The molecule has 1 N–H and O–H groups in total. The van der Waals surface area contributed by atoms with Crippen molar-refractivity contribution in [2.75, 3.05) is 18.1 Å². The topological polar surface area (TPSA) is 49.2 Å². The molecule has 1 fully saturated rings. The minimum Gasteiger partial charge on any atom is -0.394 e. The van der Waals surface area contributed by atoms with E-state index in [0.29, 0.717) is 5.92 Å². The molecule has 0 bridgehead atoms. The van der Waals surface area contributed by atoms with E-state index in [0.717, 1.165) is 29.7 Å². The minimum atomic E-state index is 0.157. The highest BCUT2D eigenvalue weighted by atomic mass is 79.9. The Balaban J connectivity index is 2.26. The van der Waals surface area contributed by atoms with Gasteiger partial charge in [0.15, 0.2) is 0 Å². The molecule has 2 rings (SSSR count). The fourth-order valence-electron chi connectivity index (χ4n) is 2.70. The molecule has 1 aliphatic rings. The van der Waals surface area contributed by atoms with Crippen molar-refractivity contribution in [2.45, 2.75) is 39.7 Å². The molecule has 0 spiro atoms. The third-order valence-electron chi connectivity index (χ3n) is 4.06. The highest BCUT2D eigenvalue weighted by Gasteiger charge is 2.35. The Morgan fingerprint density at radius 2 is 2.16 bits per heavy atom. The number of hydrogen-bond donors (Lipinski definition) is 1. The van der Waals surface area contributed by atoms with Crippen molar-refractivity contribution in [1.29, 1.82) is 0 Å². The van der Waals surface area contributed by atoms with Gasteiger partial charge in [0.2, 0.25) is 0 Å². The summed E-state index contributed by atoms with van der Waals surface area (Å²) in [6.07, 6.45) is 5.50. The van der Waals surface area contributed by atoms with Crippen LogP contribution in [-0.4, -0.2) is 34.3 Å². The van der Waals surface area contributed by atoms with Gasteiger partial charge in [0.25, 0.3) is 0 Å². The first-order valence-corrected chi connectivity index (χ1v) is 7.55. The first-order chi connectivity index (χ1) is 8.93. The van der Waals surface area contributed by atoms with Gasteiger partial charge in [0, 0.05) is 12.7 Å². The van der Waals surface area contributed by atoms with Crippen LogP contribution in [0.25, 0.3) is 0 Å². The maximum Gasteiger partial charge on any atom is 0.146 e. The predicted molar refractivity (Wildman–Crippen MR) is 80.1 cm³/mol. The molecule has 0 aromatic carbocycles. The zero-order chi connectivity index (χ0) is 14.0. The zero-order valence-corrected chi connectivity index (χ0v) is 13.4. The number of nitrogens with zero attached hydrogens (tertiary/aromatic N) is 3. The molecular formula is C14H22BrN3O.